The minimum absolute atomic E-state index is 0.00391. The maximum absolute atomic E-state index is 11.0. The average molecular weight is 340 g/mol. The van der Waals surface area contributed by atoms with Gasteiger partial charge in [-0.3, -0.25) is 9.55 Å². The zero-order valence-corrected chi connectivity index (χ0v) is 13.2. The molecule has 2 aromatic heterocycles. The Kier molecular flexibility index (Phi) is 3.60. The van der Waals surface area contributed by atoms with Gasteiger partial charge in [0.2, 0.25) is 0 Å². The van der Waals surface area contributed by atoms with Crippen LogP contribution in [-0.2, 0) is 0 Å². The highest BCUT2D eigenvalue weighted by molar-refractivity contribution is 5.78. The number of carbonyl (C=O) groups is 1. The largest absolute Gasteiger partial charge is 0.508 e. The van der Waals surface area contributed by atoms with Crippen molar-refractivity contribution in [3.05, 3.63) is 36.9 Å². The molecule has 4 rings (SSSR count). The fraction of sp³-hybridized carbons (Fsp3) is 0.250. The van der Waals surface area contributed by atoms with E-state index in [9.17, 15) is 9.90 Å². The van der Waals surface area contributed by atoms with E-state index < -0.39 is 6.09 Å². The molecule has 3 N–H and O–H groups in total. The first kappa shape index (κ1) is 15.2. The molecule has 128 valence electrons. The van der Waals surface area contributed by atoms with Gasteiger partial charge in [-0.1, -0.05) is 0 Å². The lowest BCUT2D eigenvalue weighted by molar-refractivity contribution is 0.155. The number of fused-ring (bicyclic) bond motifs is 1. The molecule has 1 aromatic carbocycles. The number of rotatable bonds is 3. The second-order valence-corrected chi connectivity index (χ2v) is 5.91. The van der Waals surface area contributed by atoms with Crippen molar-refractivity contribution in [3.8, 4) is 11.6 Å². The summed E-state index contributed by atoms with van der Waals surface area (Å²) < 4.78 is 1.74. The van der Waals surface area contributed by atoms with Gasteiger partial charge in [0.25, 0.3) is 0 Å². The first-order valence-electron chi connectivity index (χ1n) is 7.83. The number of hydrogen-bond donors (Lipinski definition) is 3. The zero-order chi connectivity index (χ0) is 17.4. The van der Waals surface area contributed by atoms with Crippen LogP contribution < -0.4 is 5.32 Å². The molecule has 1 aliphatic heterocycles. The molecule has 25 heavy (non-hydrogen) atoms. The lowest BCUT2D eigenvalue weighted by Crippen LogP contribution is -2.30. The molecular weight excluding hydrogens is 324 g/mol. The van der Waals surface area contributed by atoms with Crippen LogP contribution in [0.2, 0.25) is 0 Å². The number of amides is 1. The van der Waals surface area contributed by atoms with Crippen molar-refractivity contribution >= 4 is 22.9 Å². The molecule has 9 heteroatoms. The third kappa shape index (κ3) is 2.91. The summed E-state index contributed by atoms with van der Waals surface area (Å²) in [7, 11) is 0. The number of likely N-dealkylation sites (tertiary alicyclic amines) is 1. The SMILES string of the molecule is O=C(O)N1CC[C@@H](Nc2cncc(-n3cnc4ccc(O)cc43)n2)C1. The molecule has 0 unspecified atom stereocenters. The van der Waals surface area contributed by atoms with E-state index in [4.69, 9.17) is 5.11 Å². The topological polar surface area (TPSA) is 116 Å². The number of nitrogens with zero attached hydrogens (tertiary/aromatic N) is 5. The normalized spacial score (nSPS) is 17.1. The summed E-state index contributed by atoms with van der Waals surface area (Å²) >= 11 is 0. The van der Waals surface area contributed by atoms with Gasteiger partial charge in [-0.15, -0.1) is 0 Å². The van der Waals surface area contributed by atoms with Gasteiger partial charge in [-0.05, 0) is 18.6 Å². The average Bonchev–Trinajstić information content (AvgIpc) is 3.21. The van der Waals surface area contributed by atoms with E-state index in [1.54, 1.807) is 41.5 Å². The van der Waals surface area contributed by atoms with E-state index in [1.165, 1.54) is 4.90 Å². The van der Waals surface area contributed by atoms with Crippen LogP contribution in [0.1, 0.15) is 6.42 Å². The second-order valence-electron chi connectivity index (χ2n) is 5.91. The van der Waals surface area contributed by atoms with Crippen molar-refractivity contribution in [2.45, 2.75) is 12.5 Å². The van der Waals surface area contributed by atoms with Crippen LogP contribution in [-0.4, -0.2) is 59.9 Å². The van der Waals surface area contributed by atoms with Crippen molar-refractivity contribution in [1.29, 1.82) is 0 Å². The molecule has 0 radical (unpaired) electrons. The summed E-state index contributed by atoms with van der Waals surface area (Å²) in [5, 5.41) is 21.9. The van der Waals surface area contributed by atoms with Crippen LogP contribution in [0.5, 0.6) is 5.75 Å². The summed E-state index contributed by atoms with van der Waals surface area (Å²) in [4.78, 5) is 25.4. The third-order valence-electron chi connectivity index (χ3n) is 4.21. The first-order chi connectivity index (χ1) is 12.1. The number of anilines is 1. The van der Waals surface area contributed by atoms with E-state index in [1.807, 2.05) is 0 Å². The maximum Gasteiger partial charge on any atom is 0.407 e. The van der Waals surface area contributed by atoms with Crippen molar-refractivity contribution < 1.29 is 15.0 Å². The quantitative estimate of drug-likeness (QED) is 0.664. The molecule has 1 atom stereocenters. The molecule has 0 aliphatic carbocycles. The molecule has 3 aromatic rings. The highest BCUT2D eigenvalue weighted by Crippen LogP contribution is 2.22. The summed E-state index contributed by atoms with van der Waals surface area (Å²) in [6, 6.07) is 4.93. The number of carboxylic acid groups (broad SMARTS) is 1. The van der Waals surface area contributed by atoms with E-state index in [-0.39, 0.29) is 11.8 Å². The molecule has 1 saturated heterocycles. The monoisotopic (exact) mass is 340 g/mol. The molecule has 1 fully saturated rings. The van der Waals surface area contributed by atoms with Gasteiger partial charge in [0.1, 0.15) is 17.9 Å². The minimum Gasteiger partial charge on any atom is -0.508 e. The summed E-state index contributed by atoms with van der Waals surface area (Å²) in [6.45, 7) is 0.925. The molecule has 0 spiro atoms. The van der Waals surface area contributed by atoms with Gasteiger partial charge < -0.3 is 20.4 Å². The Hall–Kier alpha value is -3.36. The van der Waals surface area contributed by atoms with Crippen LogP contribution >= 0.6 is 0 Å². The van der Waals surface area contributed by atoms with Crippen LogP contribution in [0.4, 0.5) is 10.6 Å². The lowest BCUT2D eigenvalue weighted by atomic mass is 10.2. The van der Waals surface area contributed by atoms with E-state index in [2.05, 4.69) is 20.3 Å². The Morgan fingerprint density at radius 3 is 3.00 bits per heavy atom. The fourth-order valence-electron chi connectivity index (χ4n) is 2.98. The minimum atomic E-state index is -0.908. The number of phenols is 1. The summed E-state index contributed by atoms with van der Waals surface area (Å²) in [5.41, 5.74) is 1.47. The fourth-order valence-corrected chi connectivity index (χ4v) is 2.98. The first-order valence-corrected chi connectivity index (χ1v) is 7.83. The van der Waals surface area contributed by atoms with Crippen LogP contribution in [0.15, 0.2) is 36.9 Å². The number of nitrogens with one attached hydrogen (secondary N) is 1. The summed E-state index contributed by atoms with van der Waals surface area (Å²) in [5.74, 6) is 1.28. The molecule has 0 saturated carbocycles. The Labute approximate surface area is 142 Å². The molecule has 1 amide bonds. The lowest BCUT2D eigenvalue weighted by Gasteiger charge is -2.14. The van der Waals surface area contributed by atoms with Crippen LogP contribution in [0.25, 0.3) is 16.9 Å². The Bertz CT molecular complexity index is 941. The van der Waals surface area contributed by atoms with E-state index in [0.717, 1.165) is 17.5 Å². The Balaban J connectivity index is 1.59. The Morgan fingerprint density at radius 2 is 2.20 bits per heavy atom. The number of phenolic OH excluding ortho intramolecular Hbond substituents is 1. The number of hydrogen-bond acceptors (Lipinski definition) is 6. The predicted molar refractivity (Wildman–Crippen MR) is 90.0 cm³/mol. The van der Waals surface area contributed by atoms with Crippen molar-refractivity contribution in [2.24, 2.45) is 0 Å². The van der Waals surface area contributed by atoms with Crippen molar-refractivity contribution in [3.63, 3.8) is 0 Å². The van der Waals surface area contributed by atoms with Gasteiger partial charge in [0.05, 0.1) is 23.4 Å². The van der Waals surface area contributed by atoms with E-state index >= 15 is 0 Å². The van der Waals surface area contributed by atoms with Gasteiger partial charge in [-0.25, -0.2) is 14.8 Å². The highest BCUT2D eigenvalue weighted by Gasteiger charge is 2.26. The summed E-state index contributed by atoms with van der Waals surface area (Å²) in [6.07, 6.45) is 4.64. The maximum atomic E-state index is 11.0. The van der Waals surface area contributed by atoms with Gasteiger partial charge in [0, 0.05) is 25.2 Å². The number of benzene rings is 1. The van der Waals surface area contributed by atoms with Gasteiger partial charge >= 0.3 is 6.09 Å². The van der Waals surface area contributed by atoms with Crippen molar-refractivity contribution in [1.82, 2.24) is 24.4 Å². The predicted octanol–water partition coefficient (Wildman–Crippen LogP) is 1.69. The number of aromatic nitrogens is 4. The van der Waals surface area contributed by atoms with Crippen LogP contribution in [0.3, 0.4) is 0 Å². The molecule has 9 nitrogen and oxygen atoms in total. The number of imidazole rings is 1. The third-order valence-corrected chi connectivity index (χ3v) is 4.21. The molecule has 1 aliphatic rings. The zero-order valence-electron chi connectivity index (χ0n) is 13.2. The molecule has 0 bridgehead atoms. The molecule has 3 heterocycles. The molecular formula is C16H16N6O3. The number of aromatic hydroxyl groups is 1. The second kappa shape index (κ2) is 5.93. The highest BCUT2D eigenvalue weighted by atomic mass is 16.4. The smallest absolute Gasteiger partial charge is 0.407 e. The van der Waals surface area contributed by atoms with Crippen molar-refractivity contribution in [2.75, 3.05) is 18.4 Å². The standard InChI is InChI=1S/C16H16N6O3/c23-11-1-2-12-13(5-11)22(9-18-12)15-7-17-6-14(20-15)19-10-3-4-21(8-10)16(24)25/h1-2,5-7,9-10,23H,3-4,8H2,(H,19,20)(H,24,25)/t10-/m1/s1. The van der Waals surface area contributed by atoms with Crippen LogP contribution in [0, 0.1) is 0 Å². The van der Waals surface area contributed by atoms with E-state index in [0.29, 0.717) is 24.7 Å². The van der Waals surface area contributed by atoms with Gasteiger partial charge in [0.15, 0.2) is 5.82 Å². The van der Waals surface area contributed by atoms with Gasteiger partial charge in [-0.2, -0.15) is 0 Å². The Morgan fingerprint density at radius 1 is 1.32 bits per heavy atom.